The average Bonchev–Trinajstić information content (AvgIpc) is 3.02. The first-order chi connectivity index (χ1) is 12.6. The van der Waals surface area contributed by atoms with E-state index in [1.807, 2.05) is 18.2 Å². The highest BCUT2D eigenvalue weighted by molar-refractivity contribution is 7.99. The summed E-state index contributed by atoms with van der Waals surface area (Å²) in [5.41, 5.74) is 1.22. The Morgan fingerprint density at radius 1 is 1.15 bits per heavy atom. The van der Waals surface area contributed by atoms with Crippen molar-refractivity contribution < 1.29 is 4.79 Å². The molecule has 2 atom stereocenters. The van der Waals surface area contributed by atoms with E-state index >= 15 is 0 Å². The van der Waals surface area contributed by atoms with Crippen molar-refractivity contribution in [3.05, 3.63) is 41.7 Å². The zero-order chi connectivity index (χ0) is 18.5. The fraction of sp³-hybridized carbons (Fsp3) is 0.550. The molecule has 0 unspecified atom stereocenters. The molecule has 1 aromatic carbocycles. The van der Waals surface area contributed by atoms with Crippen molar-refractivity contribution in [2.75, 3.05) is 5.75 Å². The molecule has 1 saturated heterocycles. The van der Waals surface area contributed by atoms with Crippen LogP contribution in [0.1, 0.15) is 51.4 Å². The summed E-state index contributed by atoms with van der Waals surface area (Å²) in [6.07, 6.45) is 4.18. The van der Waals surface area contributed by atoms with E-state index in [0.717, 1.165) is 36.8 Å². The van der Waals surface area contributed by atoms with Gasteiger partial charge in [-0.3, -0.25) is 4.79 Å². The number of rotatable bonds is 6. The molecule has 1 aliphatic heterocycles. The first-order valence-electron chi connectivity index (χ1n) is 9.50. The average molecular weight is 373 g/mol. The number of carbonyl (C=O) groups excluding carboxylic acids is 1. The molecular formula is C20H28N4OS. The van der Waals surface area contributed by atoms with Gasteiger partial charge in [-0.2, -0.15) is 0 Å². The molecule has 2 heterocycles. The SMILES string of the molecule is CCn1c(Cc2ccccc2)nnc1SCC(=O)N1[C@@H](C)CCC[C@@H]1C. The minimum absolute atomic E-state index is 0.213. The summed E-state index contributed by atoms with van der Waals surface area (Å²) in [6, 6.07) is 11.0. The van der Waals surface area contributed by atoms with Crippen LogP contribution in [0, 0.1) is 0 Å². The molecule has 0 aliphatic carbocycles. The van der Waals surface area contributed by atoms with Gasteiger partial charge in [0.1, 0.15) is 5.82 Å². The summed E-state index contributed by atoms with van der Waals surface area (Å²) >= 11 is 1.51. The Morgan fingerprint density at radius 2 is 1.85 bits per heavy atom. The lowest BCUT2D eigenvalue weighted by molar-refractivity contribution is -0.134. The molecule has 1 aliphatic rings. The maximum Gasteiger partial charge on any atom is 0.233 e. The molecule has 0 spiro atoms. The van der Waals surface area contributed by atoms with Gasteiger partial charge in [0.2, 0.25) is 5.91 Å². The van der Waals surface area contributed by atoms with Crippen LogP contribution >= 0.6 is 11.8 Å². The van der Waals surface area contributed by atoms with Crippen molar-refractivity contribution in [3.63, 3.8) is 0 Å². The van der Waals surface area contributed by atoms with Crippen LogP contribution in [0.2, 0.25) is 0 Å². The van der Waals surface area contributed by atoms with Crippen LogP contribution in [-0.2, 0) is 17.8 Å². The summed E-state index contributed by atoms with van der Waals surface area (Å²) in [6.45, 7) is 7.22. The van der Waals surface area contributed by atoms with Gasteiger partial charge in [-0.25, -0.2) is 0 Å². The maximum absolute atomic E-state index is 12.7. The highest BCUT2D eigenvalue weighted by atomic mass is 32.2. The van der Waals surface area contributed by atoms with Gasteiger partial charge in [0, 0.05) is 25.0 Å². The number of thioether (sulfide) groups is 1. The van der Waals surface area contributed by atoms with E-state index in [4.69, 9.17) is 0 Å². The number of benzene rings is 1. The number of hydrogen-bond donors (Lipinski definition) is 0. The van der Waals surface area contributed by atoms with E-state index in [-0.39, 0.29) is 5.91 Å². The van der Waals surface area contributed by atoms with E-state index < -0.39 is 0 Å². The lowest BCUT2D eigenvalue weighted by Gasteiger charge is -2.39. The maximum atomic E-state index is 12.7. The Balaban J connectivity index is 1.65. The van der Waals surface area contributed by atoms with Crippen molar-refractivity contribution in [3.8, 4) is 0 Å². The lowest BCUT2D eigenvalue weighted by Crippen LogP contribution is -2.48. The Hall–Kier alpha value is -1.82. The zero-order valence-corrected chi connectivity index (χ0v) is 16.7. The van der Waals surface area contributed by atoms with Crippen molar-refractivity contribution in [1.82, 2.24) is 19.7 Å². The molecular weight excluding hydrogens is 344 g/mol. The lowest BCUT2D eigenvalue weighted by atomic mass is 9.98. The third-order valence-corrected chi connectivity index (χ3v) is 6.07. The third kappa shape index (κ3) is 4.29. The number of hydrogen-bond acceptors (Lipinski definition) is 4. The molecule has 0 N–H and O–H groups in total. The number of aromatic nitrogens is 3. The molecule has 1 aromatic heterocycles. The second kappa shape index (κ2) is 8.71. The predicted octanol–water partition coefficient (Wildman–Crippen LogP) is 3.77. The van der Waals surface area contributed by atoms with Gasteiger partial charge < -0.3 is 9.47 Å². The van der Waals surface area contributed by atoms with Crippen LogP contribution in [0.15, 0.2) is 35.5 Å². The van der Waals surface area contributed by atoms with E-state index in [1.165, 1.54) is 23.7 Å². The highest BCUT2D eigenvalue weighted by Crippen LogP contribution is 2.25. The van der Waals surface area contributed by atoms with Crippen molar-refractivity contribution in [2.24, 2.45) is 0 Å². The predicted molar refractivity (Wildman–Crippen MR) is 105 cm³/mol. The molecule has 0 radical (unpaired) electrons. The number of nitrogens with zero attached hydrogens (tertiary/aromatic N) is 4. The largest absolute Gasteiger partial charge is 0.337 e. The fourth-order valence-corrected chi connectivity index (χ4v) is 4.66. The number of carbonyl (C=O) groups is 1. The van der Waals surface area contributed by atoms with Crippen LogP contribution in [0.5, 0.6) is 0 Å². The fourth-order valence-electron chi connectivity index (χ4n) is 3.77. The number of amides is 1. The molecule has 3 rings (SSSR count). The number of piperidine rings is 1. The first kappa shape index (κ1) is 19.0. The quantitative estimate of drug-likeness (QED) is 0.724. The van der Waals surface area contributed by atoms with Crippen LogP contribution in [0.4, 0.5) is 0 Å². The Kier molecular flexibility index (Phi) is 6.35. The van der Waals surface area contributed by atoms with Crippen LogP contribution in [0.3, 0.4) is 0 Å². The van der Waals surface area contributed by atoms with Crippen LogP contribution < -0.4 is 0 Å². The smallest absolute Gasteiger partial charge is 0.233 e. The van der Waals surface area contributed by atoms with Gasteiger partial charge in [0.15, 0.2) is 5.16 Å². The third-order valence-electron chi connectivity index (χ3n) is 5.12. The van der Waals surface area contributed by atoms with Gasteiger partial charge in [0.25, 0.3) is 0 Å². The summed E-state index contributed by atoms with van der Waals surface area (Å²) in [5.74, 6) is 1.59. The summed E-state index contributed by atoms with van der Waals surface area (Å²) in [5, 5.41) is 9.55. The van der Waals surface area contributed by atoms with E-state index in [1.54, 1.807) is 0 Å². The van der Waals surface area contributed by atoms with Crippen LogP contribution in [0.25, 0.3) is 0 Å². The molecule has 140 valence electrons. The number of likely N-dealkylation sites (tertiary alicyclic amines) is 1. The second-order valence-electron chi connectivity index (χ2n) is 7.02. The van der Waals surface area contributed by atoms with Crippen molar-refractivity contribution >= 4 is 17.7 Å². The summed E-state index contributed by atoms with van der Waals surface area (Å²) < 4.78 is 2.12. The monoisotopic (exact) mass is 372 g/mol. The zero-order valence-electron chi connectivity index (χ0n) is 15.9. The molecule has 6 heteroatoms. The van der Waals surface area contributed by atoms with Gasteiger partial charge >= 0.3 is 0 Å². The molecule has 5 nitrogen and oxygen atoms in total. The normalized spacial score (nSPS) is 20.3. The molecule has 0 bridgehead atoms. The Bertz CT molecular complexity index is 721. The molecule has 1 fully saturated rings. The van der Waals surface area contributed by atoms with Gasteiger partial charge in [-0.05, 0) is 45.6 Å². The molecule has 2 aromatic rings. The Labute approximate surface area is 160 Å². The standard InChI is InChI=1S/C20H28N4OS/c1-4-23-18(13-17-11-6-5-7-12-17)21-22-20(23)26-14-19(25)24-15(2)9-8-10-16(24)3/h5-7,11-12,15-16H,4,8-10,13-14H2,1-3H3/t15-,16-/m0/s1. The summed E-state index contributed by atoms with van der Waals surface area (Å²) in [7, 11) is 0. The molecule has 0 saturated carbocycles. The summed E-state index contributed by atoms with van der Waals surface area (Å²) in [4.78, 5) is 14.8. The molecule has 1 amide bonds. The highest BCUT2D eigenvalue weighted by Gasteiger charge is 2.29. The van der Waals surface area contributed by atoms with Crippen molar-refractivity contribution in [1.29, 1.82) is 0 Å². The van der Waals surface area contributed by atoms with E-state index in [2.05, 4.69) is 52.6 Å². The van der Waals surface area contributed by atoms with Crippen molar-refractivity contribution in [2.45, 2.75) is 70.2 Å². The van der Waals surface area contributed by atoms with Crippen LogP contribution in [-0.4, -0.2) is 43.4 Å². The van der Waals surface area contributed by atoms with E-state index in [0.29, 0.717) is 17.8 Å². The van der Waals surface area contributed by atoms with Gasteiger partial charge in [0.05, 0.1) is 5.75 Å². The second-order valence-corrected chi connectivity index (χ2v) is 7.97. The Morgan fingerprint density at radius 3 is 2.50 bits per heavy atom. The van der Waals surface area contributed by atoms with E-state index in [9.17, 15) is 4.79 Å². The minimum Gasteiger partial charge on any atom is -0.337 e. The minimum atomic E-state index is 0.213. The topological polar surface area (TPSA) is 51.0 Å². The van der Waals surface area contributed by atoms with Gasteiger partial charge in [-0.15, -0.1) is 10.2 Å². The van der Waals surface area contributed by atoms with Gasteiger partial charge in [-0.1, -0.05) is 42.1 Å². The molecule has 26 heavy (non-hydrogen) atoms. The first-order valence-corrected chi connectivity index (χ1v) is 10.5.